The van der Waals surface area contributed by atoms with Gasteiger partial charge in [0.2, 0.25) is 5.91 Å². The predicted octanol–water partition coefficient (Wildman–Crippen LogP) is 0.984. The topological polar surface area (TPSA) is 69.6 Å². The highest BCUT2D eigenvalue weighted by Crippen LogP contribution is 2.31. The number of likely N-dealkylation sites (tertiary alicyclic amines) is 1. The maximum Gasteiger partial charge on any atom is 0.323 e. The number of aliphatic carboxylic acids is 1. The van der Waals surface area contributed by atoms with Gasteiger partial charge in [-0.05, 0) is 45.4 Å². The van der Waals surface area contributed by atoms with Gasteiger partial charge >= 0.3 is 5.97 Å². The molecule has 1 aliphatic heterocycles. The average Bonchev–Trinajstić information content (AvgIpc) is 2.27. The first-order valence-electron chi connectivity index (χ1n) is 6.83. The molecule has 1 heterocycles. The van der Waals surface area contributed by atoms with Crippen LogP contribution in [-0.2, 0) is 9.59 Å². The van der Waals surface area contributed by atoms with Crippen LogP contribution in [0.15, 0.2) is 0 Å². The summed E-state index contributed by atoms with van der Waals surface area (Å²) in [6.45, 7) is 3.02. The van der Waals surface area contributed by atoms with Crippen LogP contribution >= 0.6 is 0 Å². The van der Waals surface area contributed by atoms with Gasteiger partial charge in [0.25, 0.3) is 0 Å². The number of carbonyl (C=O) groups is 2. The van der Waals surface area contributed by atoms with Gasteiger partial charge in [0.15, 0.2) is 0 Å². The number of amides is 1. The highest BCUT2D eigenvalue weighted by atomic mass is 16.4. The molecule has 2 rings (SSSR count). The van der Waals surface area contributed by atoms with Crippen LogP contribution in [0.4, 0.5) is 0 Å². The lowest BCUT2D eigenvalue weighted by Gasteiger charge is -2.40. The number of hydrogen-bond acceptors (Lipinski definition) is 3. The fourth-order valence-electron chi connectivity index (χ4n) is 2.81. The molecule has 102 valence electrons. The highest BCUT2D eigenvalue weighted by molar-refractivity contribution is 5.83. The average molecular weight is 254 g/mol. The summed E-state index contributed by atoms with van der Waals surface area (Å²) < 4.78 is 0. The Morgan fingerprint density at radius 1 is 1.33 bits per heavy atom. The zero-order chi connectivity index (χ0) is 13.2. The van der Waals surface area contributed by atoms with Crippen LogP contribution in [0.25, 0.3) is 0 Å². The van der Waals surface area contributed by atoms with Gasteiger partial charge in [-0.25, -0.2) is 0 Å². The number of carboxylic acid groups (broad SMARTS) is 1. The van der Waals surface area contributed by atoms with E-state index in [0.29, 0.717) is 12.8 Å². The Morgan fingerprint density at radius 2 is 2.06 bits per heavy atom. The molecule has 1 aliphatic carbocycles. The summed E-state index contributed by atoms with van der Waals surface area (Å²) in [6, 6.07) is 0.287. The molecule has 1 amide bonds. The summed E-state index contributed by atoms with van der Waals surface area (Å²) in [5.74, 6) is -0.789. The second-order valence-electron chi connectivity index (χ2n) is 5.53. The monoisotopic (exact) mass is 254 g/mol. The van der Waals surface area contributed by atoms with Crippen LogP contribution in [0.1, 0.15) is 45.4 Å². The van der Waals surface area contributed by atoms with E-state index in [0.717, 1.165) is 25.8 Å². The molecule has 0 aromatic carbocycles. The molecule has 1 unspecified atom stereocenters. The van der Waals surface area contributed by atoms with Gasteiger partial charge in [-0.2, -0.15) is 0 Å². The van der Waals surface area contributed by atoms with Crippen LogP contribution in [0, 0.1) is 0 Å². The maximum atomic E-state index is 12.1. The third kappa shape index (κ3) is 2.51. The van der Waals surface area contributed by atoms with Gasteiger partial charge in [0, 0.05) is 12.6 Å². The van der Waals surface area contributed by atoms with E-state index in [2.05, 4.69) is 12.2 Å². The smallest absolute Gasteiger partial charge is 0.323 e. The summed E-state index contributed by atoms with van der Waals surface area (Å²) >= 11 is 0. The van der Waals surface area contributed by atoms with Gasteiger partial charge in [0.1, 0.15) is 5.54 Å². The number of rotatable bonds is 4. The van der Waals surface area contributed by atoms with E-state index in [1.54, 1.807) is 0 Å². The largest absolute Gasteiger partial charge is 0.480 e. The summed E-state index contributed by atoms with van der Waals surface area (Å²) in [4.78, 5) is 25.1. The molecule has 1 atom stereocenters. The Hall–Kier alpha value is -1.10. The van der Waals surface area contributed by atoms with Crippen molar-refractivity contribution in [1.29, 1.82) is 0 Å². The molecule has 2 fully saturated rings. The molecule has 2 aliphatic rings. The molecule has 1 saturated heterocycles. The molecular weight excluding hydrogens is 232 g/mol. The molecule has 5 nitrogen and oxygen atoms in total. The quantitative estimate of drug-likeness (QED) is 0.785. The Bertz CT molecular complexity index is 339. The van der Waals surface area contributed by atoms with Crippen molar-refractivity contribution in [3.63, 3.8) is 0 Å². The van der Waals surface area contributed by atoms with Crippen LogP contribution < -0.4 is 5.32 Å². The first kappa shape index (κ1) is 13.3. The van der Waals surface area contributed by atoms with Crippen LogP contribution in [0.2, 0.25) is 0 Å². The molecule has 0 aromatic heterocycles. The van der Waals surface area contributed by atoms with Gasteiger partial charge in [0.05, 0.1) is 6.54 Å². The van der Waals surface area contributed by atoms with Crippen molar-refractivity contribution < 1.29 is 14.7 Å². The standard InChI is InChI=1S/C13H22N2O3/c1-10-5-2-3-8-15(10)11(16)9-14-13(12(17)18)6-4-7-13/h10,14H,2-9H2,1H3,(H,17,18). The molecule has 2 N–H and O–H groups in total. The second kappa shape index (κ2) is 5.26. The third-order valence-corrected chi connectivity index (χ3v) is 4.32. The molecule has 18 heavy (non-hydrogen) atoms. The van der Waals surface area contributed by atoms with Crippen molar-refractivity contribution in [2.24, 2.45) is 0 Å². The summed E-state index contributed by atoms with van der Waals surface area (Å²) in [5.41, 5.74) is -0.839. The minimum atomic E-state index is -0.839. The van der Waals surface area contributed by atoms with Crippen molar-refractivity contribution in [2.45, 2.75) is 57.0 Å². The SMILES string of the molecule is CC1CCCCN1C(=O)CNC1(C(=O)O)CCC1. The molecule has 0 aromatic rings. The molecular formula is C13H22N2O3. The summed E-state index contributed by atoms with van der Waals surface area (Å²) in [6.07, 6.45) is 5.47. The normalized spacial score (nSPS) is 26.5. The number of piperidine rings is 1. The maximum absolute atomic E-state index is 12.1. The number of carbonyl (C=O) groups excluding carboxylic acids is 1. The molecule has 5 heteroatoms. The zero-order valence-electron chi connectivity index (χ0n) is 10.9. The zero-order valence-corrected chi connectivity index (χ0v) is 10.9. The van der Waals surface area contributed by atoms with Crippen molar-refractivity contribution in [3.05, 3.63) is 0 Å². The first-order chi connectivity index (χ1) is 8.55. The van der Waals surface area contributed by atoms with Crippen LogP contribution in [-0.4, -0.2) is 46.6 Å². The van der Waals surface area contributed by atoms with Crippen molar-refractivity contribution >= 4 is 11.9 Å². The molecule has 0 bridgehead atoms. The Labute approximate surface area is 108 Å². The second-order valence-corrected chi connectivity index (χ2v) is 5.53. The van der Waals surface area contributed by atoms with Gasteiger partial charge in [-0.15, -0.1) is 0 Å². The van der Waals surface area contributed by atoms with Gasteiger partial charge in [-0.3, -0.25) is 14.9 Å². The fourth-order valence-corrected chi connectivity index (χ4v) is 2.81. The predicted molar refractivity (Wildman–Crippen MR) is 67.2 cm³/mol. The van der Waals surface area contributed by atoms with E-state index < -0.39 is 11.5 Å². The Morgan fingerprint density at radius 3 is 2.56 bits per heavy atom. The van der Waals surface area contributed by atoms with E-state index in [4.69, 9.17) is 0 Å². The number of hydrogen-bond donors (Lipinski definition) is 2. The molecule has 1 saturated carbocycles. The van der Waals surface area contributed by atoms with Crippen molar-refractivity contribution in [2.75, 3.05) is 13.1 Å². The number of nitrogens with one attached hydrogen (secondary N) is 1. The number of nitrogens with zero attached hydrogens (tertiary/aromatic N) is 1. The first-order valence-corrected chi connectivity index (χ1v) is 6.83. The van der Waals surface area contributed by atoms with Crippen molar-refractivity contribution in [3.8, 4) is 0 Å². The number of carboxylic acids is 1. The molecule has 0 radical (unpaired) electrons. The van der Waals surface area contributed by atoms with E-state index >= 15 is 0 Å². The van der Waals surface area contributed by atoms with E-state index in [-0.39, 0.29) is 18.5 Å². The Balaban J connectivity index is 1.86. The summed E-state index contributed by atoms with van der Waals surface area (Å²) in [5, 5.41) is 12.1. The van der Waals surface area contributed by atoms with Gasteiger partial charge < -0.3 is 10.0 Å². The van der Waals surface area contributed by atoms with E-state index in [9.17, 15) is 14.7 Å². The Kier molecular flexibility index (Phi) is 3.90. The highest BCUT2D eigenvalue weighted by Gasteiger charge is 2.44. The lowest BCUT2D eigenvalue weighted by Crippen LogP contribution is -2.60. The van der Waals surface area contributed by atoms with Crippen LogP contribution in [0.5, 0.6) is 0 Å². The van der Waals surface area contributed by atoms with Crippen LogP contribution in [0.3, 0.4) is 0 Å². The minimum absolute atomic E-state index is 0.0368. The van der Waals surface area contributed by atoms with E-state index in [1.807, 2.05) is 4.90 Å². The summed E-state index contributed by atoms with van der Waals surface area (Å²) in [7, 11) is 0. The lowest BCUT2D eigenvalue weighted by atomic mass is 9.77. The fraction of sp³-hybridized carbons (Fsp3) is 0.846. The minimum Gasteiger partial charge on any atom is -0.480 e. The van der Waals surface area contributed by atoms with E-state index in [1.165, 1.54) is 6.42 Å². The van der Waals surface area contributed by atoms with Gasteiger partial charge in [-0.1, -0.05) is 0 Å². The molecule has 0 spiro atoms. The lowest BCUT2D eigenvalue weighted by molar-refractivity contribution is -0.149. The third-order valence-electron chi connectivity index (χ3n) is 4.32. The van der Waals surface area contributed by atoms with Crippen molar-refractivity contribution in [1.82, 2.24) is 10.2 Å².